The van der Waals surface area contributed by atoms with Crippen molar-refractivity contribution < 1.29 is 23.9 Å². The molecule has 4 amide bonds. The monoisotopic (exact) mass is 643 g/mol. The zero-order valence-electron chi connectivity index (χ0n) is 25.0. The fourth-order valence-electron chi connectivity index (χ4n) is 6.19. The summed E-state index contributed by atoms with van der Waals surface area (Å²) in [6.07, 6.45) is 4.08. The number of piperidine rings is 1. The van der Waals surface area contributed by atoms with Crippen LogP contribution in [0.3, 0.4) is 0 Å². The highest BCUT2D eigenvalue weighted by molar-refractivity contribution is 7.13. The van der Waals surface area contributed by atoms with Gasteiger partial charge in [-0.3, -0.25) is 29.4 Å². The van der Waals surface area contributed by atoms with E-state index in [2.05, 4.69) is 49.2 Å². The number of carbonyl (C=O) groups excluding carboxylic acids is 4. The van der Waals surface area contributed by atoms with Crippen molar-refractivity contribution in [3.05, 3.63) is 110 Å². The molecule has 0 saturated carbocycles. The maximum atomic E-state index is 13.6. The number of benzene rings is 2. The van der Waals surface area contributed by atoms with Gasteiger partial charge in [0.15, 0.2) is 5.82 Å². The van der Waals surface area contributed by atoms with Crippen LogP contribution >= 0.6 is 11.3 Å². The summed E-state index contributed by atoms with van der Waals surface area (Å²) in [4.78, 5) is 53.9. The van der Waals surface area contributed by atoms with Gasteiger partial charge in [0.05, 0.1) is 44.9 Å². The average Bonchev–Trinajstić information content (AvgIpc) is 3.79. The number of amides is 4. The van der Waals surface area contributed by atoms with Crippen LogP contribution < -0.4 is 10.1 Å². The predicted molar refractivity (Wildman–Crippen MR) is 168 cm³/mol. The van der Waals surface area contributed by atoms with E-state index < -0.39 is 29.7 Å². The molecule has 0 aliphatic carbocycles. The second-order valence-electron chi connectivity index (χ2n) is 11.4. The van der Waals surface area contributed by atoms with Gasteiger partial charge in [-0.2, -0.15) is 5.10 Å². The Morgan fingerprint density at radius 2 is 1.87 bits per heavy atom. The van der Waals surface area contributed by atoms with E-state index in [4.69, 9.17) is 4.74 Å². The highest BCUT2D eigenvalue weighted by Crippen LogP contribution is 2.40. The van der Waals surface area contributed by atoms with E-state index in [9.17, 15) is 19.2 Å². The van der Waals surface area contributed by atoms with Crippen LogP contribution in [0, 0.1) is 18.8 Å². The molecule has 3 aromatic heterocycles. The molecule has 3 aliphatic rings. The standard InChI is InChI=1S/C34H25N7O5S/c1-19-37-38-28-18-46-31-23(14-20-6-3-2-4-7-20)26(47-27(31)17-39(19)28)12-10-21-15-35-40(16-21)24-9-5-8-22-30(24)34(45)41(33(22)44)25-11-13-29(42)36-32(25)43/h2-9,15-16,25H,11,13-14,17-18H2,1H3,(H,36,42,43). The minimum atomic E-state index is -1.05. The minimum Gasteiger partial charge on any atom is -0.484 e. The van der Waals surface area contributed by atoms with Crippen molar-refractivity contribution in [1.82, 2.24) is 34.8 Å². The van der Waals surface area contributed by atoms with Crippen molar-refractivity contribution in [2.45, 2.75) is 45.4 Å². The lowest BCUT2D eigenvalue weighted by Crippen LogP contribution is -2.54. The topological polar surface area (TPSA) is 141 Å². The van der Waals surface area contributed by atoms with Gasteiger partial charge < -0.3 is 9.30 Å². The lowest BCUT2D eigenvalue weighted by atomic mass is 10.0. The molecule has 1 N–H and O–H groups in total. The Labute approximate surface area is 272 Å². The van der Waals surface area contributed by atoms with Gasteiger partial charge in [0.1, 0.15) is 24.2 Å². The number of nitrogens with zero attached hydrogens (tertiary/aromatic N) is 6. The van der Waals surface area contributed by atoms with Gasteiger partial charge in [0, 0.05) is 24.6 Å². The van der Waals surface area contributed by atoms with Crippen molar-refractivity contribution in [2.24, 2.45) is 0 Å². The van der Waals surface area contributed by atoms with Gasteiger partial charge in [0.25, 0.3) is 11.8 Å². The van der Waals surface area contributed by atoms with E-state index in [1.54, 1.807) is 41.9 Å². The Hall–Kier alpha value is -5.87. The molecule has 12 nitrogen and oxygen atoms in total. The van der Waals surface area contributed by atoms with Gasteiger partial charge in [-0.05, 0) is 31.0 Å². The van der Waals surface area contributed by atoms with E-state index in [0.29, 0.717) is 30.8 Å². The number of thiophene rings is 1. The Morgan fingerprint density at radius 3 is 2.70 bits per heavy atom. The van der Waals surface area contributed by atoms with Crippen LogP contribution in [0.25, 0.3) is 5.69 Å². The molecule has 1 atom stereocenters. The first-order chi connectivity index (χ1) is 22.9. The molecule has 3 aliphatic heterocycles. The quantitative estimate of drug-likeness (QED) is 0.233. The second-order valence-corrected chi connectivity index (χ2v) is 12.5. The van der Waals surface area contributed by atoms with Gasteiger partial charge in [-0.1, -0.05) is 48.2 Å². The summed E-state index contributed by atoms with van der Waals surface area (Å²) in [5.41, 5.74) is 3.47. The summed E-state index contributed by atoms with van der Waals surface area (Å²) in [5.74, 6) is 6.74. The second kappa shape index (κ2) is 11.2. The summed E-state index contributed by atoms with van der Waals surface area (Å²) in [6.45, 7) is 2.84. The Bertz CT molecular complexity index is 2200. The van der Waals surface area contributed by atoms with Crippen LogP contribution in [0.1, 0.15) is 71.7 Å². The van der Waals surface area contributed by atoms with Gasteiger partial charge in [-0.15, -0.1) is 21.5 Å². The Kier molecular flexibility index (Phi) is 6.80. The van der Waals surface area contributed by atoms with Crippen molar-refractivity contribution in [3.8, 4) is 23.3 Å². The first-order valence-corrected chi connectivity index (χ1v) is 15.8. The van der Waals surface area contributed by atoms with Crippen molar-refractivity contribution in [1.29, 1.82) is 0 Å². The summed E-state index contributed by atoms with van der Waals surface area (Å²) in [5, 5.41) is 15.2. The van der Waals surface area contributed by atoms with E-state index in [-0.39, 0.29) is 24.0 Å². The SMILES string of the molecule is Cc1nnc2n1Cc1sc(C#Cc3cnn(-c4cccc5c4C(=O)N(C4CCC(=O)NC4=O)C5=O)c3)c(Cc3ccccc3)c1OC2. The number of carbonyl (C=O) groups is 4. The Balaban J connectivity index is 1.12. The highest BCUT2D eigenvalue weighted by atomic mass is 32.1. The number of fused-ring (bicyclic) bond motifs is 3. The first kappa shape index (κ1) is 28.6. The zero-order valence-corrected chi connectivity index (χ0v) is 25.8. The number of hydrogen-bond acceptors (Lipinski definition) is 9. The molecule has 47 heavy (non-hydrogen) atoms. The number of ether oxygens (including phenoxy) is 1. The largest absolute Gasteiger partial charge is 0.484 e. The molecule has 0 bridgehead atoms. The van der Waals surface area contributed by atoms with E-state index in [1.165, 1.54) is 4.68 Å². The summed E-state index contributed by atoms with van der Waals surface area (Å²) < 4.78 is 9.88. The molecule has 13 heteroatoms. The summed E-state index contributed by atoms with van der Waals surface area (Å²) in [7, 11) is 0. The molecule has 2 aromatic carbocycles. The van der Waals surface area contributed by atoms with Crippen molar-refractivity contribution >= 4 is 35.0 Å². The molecular weight excluding hydrogens is 618 g/mol. The number of hydrogen-bond donors (Lipinski definition) is 1. The van der Waals surface area contributed by atoms with E-state index >= 15 is 0 Å². The van der Waals surface area contributed by atoms with Crippen LogP contribution in [0.2, 0.25) is 0 Å². The number of aryl methyl sites for hydroxylation is 1. The number of imide groups is 2. The van der Waals surface area contributed by atoms with Crippen LogP contribution in [-0.2, 0) is 29.2 Å². The summed E-state index contributed by atoms with van der Waals surface area (Å²) in [6, 6.07) is 14.0. The predicted octanol–water partition coefficient (Wildman–Crippen LogP) is 3.17. The van der Waals surface area contributed by atoms with Crippen molar-refractivity contribution in [2.75, 3.05) is 0 Å². The molecule has 1 fully saturated rings. The molecular formula is C34H25N7O5S. The molecule has 0 radical (unpaired) electrons. The summed E-state index contributed by atoms with van der Waals surface area (Å²) >= 11 is 1.58. The molecule has 1 unspecified atom stereocenters. The number of rotatable bonds is 4. The lowest BCUT2D eigenvalue weighted by Gasteiger charge is -2.27. The van der Waals surface area contributed by atoms with Crippen LogP contribution in [0.4, 0.5) is 0 Å². The van der Waals surface area contributed by atoms with Gasteiger partial charge >= 0.3 is 0 Å². The van der Waals surface area contributed by atoms with E-state index in [0.717, 1.165) is 43.2 Å². The normalized spacial score (nSPS) is 16.9. The fourth-order valence-corrected chi connectivity index (χ4v) is 7.29. The lowest BCUT2D eigenvalue weighted by molar-refractivity contribution is -0.136. The highest BCUT2D eigenvalue weighted by Gasteiger charge is 2.45. The van der Waals surface area contributed by atoms with Crippen LogP contribution in [0.15, 0.2) is 60.9 Å². The molecule has 232 valence electrons. The maximum absolute atomic E-state index is 13.6. The molecule has 0 spiro atoms. The molecule has 6 heterocycles. The van der Waals surface area contributed by atoms with Crippen molar-refractivity contribution in [3.63, 3.8) is 0 Å². The first-order valence-electron chi connectivity index (χ1n) is 15.0. The van der Waals surface area contributed by atoms with E-state index in [1.807, 2.05) is 25.1 Å². The third-order valence-corrected chi connectivity index (χ3v) is 9.62. The maximum Gasteiger partial charge on any atom is 0.264 e. The fraction of sp³-hybridized carbons (Fsp3) is 0.206. The van der Waals surface area contributed by atoms with Crippen LogP contribution in [0.5, 0.6) is 5.75 Å². The molecule has 5 aromatic rings. The third kappa shape index (κ3) is 4.90. The van der Waals surface area contributed by atoms with Crippen LogP contribution in [-0.4, -0.2) is 59.1 Å². The van der Waals surface area contributed by atoms with Gasteiger partial charge in [0.2, 0.25) is 11.8 Å². The Morgan fingerprint density at radius 1 is 1.02 bits per heavy atom. The third-order valence-electron chi connectivity index (χ3n) is 8.51. The van der Waals surface area contributed by atoms with Gasteiger partial charge in [-0.25, -0.2) is 4.68 Å². The molecule has 8 rings (SSSR count). The smallest absolute Gasteiger partial charge is 0.264 e. The molecule has 1 saturated heterocycles. The average molecular weight is 644 g/mol. The minimum absolute atomic E-state index is 0.0473. The number of nitrogens with one attached hydrogen (secondary N) is 1. The zero-order chi connectivity index (χ0) is 32.2. The number of aromatic nitrogens is 5.